The van der Waals surface area contributed by atoms with Crippen molar-refractivity contribution in [3.8, 4) is 0 Å². The number of hydrogen-bond acceptors (Lipinski definition) is 3. The number of nitrogens with two attached hydrogens (primary N) is 1. The maximum atomic E-state index is 12.4. The van der Waals surface area contributed by atoms with Gasteiger partial charge in [-0.25, -0.2) is 4.98 Å². The highest BCUT2D eigenvalue weighted by molar-refractivity contribution is 7.99. The number of nitrogens with zero attached hydrogens (tertiary/aromatic N) is 1. The monoisotopic (exact) mass is 259 g/mol. The summed E-state index contributed by atoms with van der Waals surface area (Å²) in [6.45, 7) is 0. The highest BCUT2D eigenvalue weighted by atomic mass is 32.2. The molecule has 17 heavy (non-hydrogen) atoms. The van der Waals surface area contributed by atoms with Gasteiger partial charge in [-0.1, -0.05) is 0 Å². The smallest absolute Gasteiger partial charge is 0.398 e. The summed E-state index contributed by atoms with van der Waals surface area (Å²) in [5.41, 5.74) is 4.91. The molecule has 2 rings (SSSR count). The molecular formula is C10H8F3N3S. The van der Waals surface area contributed by atoms with Crippen molar-refractivity contribution in [2.24, 2.45) is 0 Å². The van der Waals surface area contributed by atoms with E-state index in [0.29, 0.717) is 10.1 Å². The molecule has 0 bridgehead atoms. The molecule has 0 aliphatic heterocycles. The Hall–Kier alpha value is -1.63. The Balaban J connectivity index is 2.26. The molecule has 1 heterocycles. The number of imidazole rings is 1. The Kier molecular flexibility index (Phi) is 3.01. The van der Waals surface area contributed by atoms with E-state index in [4.69, 9.17) is 5.73 Å². The van der Waals surface area contributed by atoms with E-state index in [1.807, 2.05) is 0 Å². The minimum absolute atomic E-state index is 0.0845. The summed E-state index contributed by atoms with van der Waals surface area (Å²) in [4.78, 5) is 7.32. The molecule has 1 aromatic heterocycles. The number of alkyl halides is 3. The van der Waals surface area contributed by atoms with E-state index in [-0.39, 0.29) is 5.69 Å². The Morgan fingerprint density at radius 3 is 2.59 bits per heavy atom. The molecule has 0 unspecified atom stereocenters. The fraction of sp³-hybridized carbons (Fsp3) is 0.100. The van der Waals surface area contributed by atoms with Crippen molar-refractivity contribution >= 4 is 17.4 Å². The van der Waals surface area contributed by atoms with Crippen LogP contribution in [-0.4, -0.2) is 9.97 Å². The molecule has 0 aliphatic rings. The van der Waals surface area contributed by atoms with Crippen LogP contribution in [-0.2, 0) is 6.18 Å². The fourth-order valence-electron chi connectivity index (χ4n) is 1.23. The van der Waals surface area contributed by atoms with Crippen LogP contribution in [0.3, 0.4) is 0 Å². The second kappa shape index (κ2) is 4.33. The van der Waals surface area contributed by atoms with Crippen LogP contribution in [0.25, 0.3) is 0 Å². The predicted molar refractivity (Wildman–Crippen MR) is 58.6 cm³/mol. The van der Waals surface area contributed by atoms with Crippen molar-refractivity contribution in [2.45, 2.75) is 16.2 Å². The van der Waals surface area contributed by atoms with Crippen molar-refractivity contribution in [3.63, 3.8) is 0 Å². The Labute approximate surface area is 99.2 Å². The van der Waals surface area contributed by atoms with Gasteiger partial charge in [0.25, 0.3) is 0 Å². The minimum Gasteiger partial charge on any atom is -0.398 e. The third-order valence-electron chi connectivity index (χ3n) is 2.02. The van der Waals surface area contributed by atoms with Crippen LogP contribution in [0.2, 0.25) is 0 Å². The van der Waals surface area contributed by atoms with Crippen molar-refractivity contribution in [1.29, 1.82) is 0 Å². The molecule has 1 aromatic carbocycles. The number of halogens is 3. The van der Waals surface area contributed by atoms with Crippen LogP contribution in [0.1, 0.15) is 5.56 Å². The van der Waals surface area contributed by atoms with Crippen LogP contribution in [0.15, 0.2) is 40.6 Å². The maximum Gasteiger partial charge on any atom is 0.416 e. The standard InChI is InChI=1S/C10H8F3N3S/c11-10(12,13)6-1-2-8(7(14)5-6)17-9-15-3-4-16-9/h1-5H,14H2,(H,15,16). The zero-order valence-corrected chi connectivity index (χ0v) is 9.27. The number of rotatable bonds is 2. The summed E-state index contributed by atoms with van der Waals surface area (Å²) in [5.74, 6) is 0. The molecule has 0 saturated heterocycles. The number of aromatic nitrogens is 2. The molecule has 0 spiro atoms. The van der Waals surface area contributed by atoms with E-state index < -0.39 is 11.7 Å². The first-order valence-electron chi connectivity index (χ1n) is 4.61. The van der Waals surface area contributed by atoms with Gasteiger partial charge in [0.2, 0.25) is 0 Å². The van der Waals surface area contributed by atoms with Gasteiger partial charge in [-0.2, -0.15) is 13.2 Å². The van der Waals surface area contributed by atoms with Gasteiger partial charge >= 0.3 is 6.18 Å². The van der Waals surface area contributed by atoms with Gasteiger partial charge in [-0.15, -0.1) is 0 Å². The van der Waals surface area contributed by atoms with Crippen LogP contribution in [0.4, 0.5) is 18.9 Å². The summed E-state index contributed by atoms with van der Waals surface area (Å²) >= 11 is 1.18. The molecule has 7 heteroatoms. The first-order chi connectivity index (χ1) is 7.97. The Morgan fingerprint density at radius 1 is 1.29 bits per heavy atom. The Morgan fingerprint density at radius 2 is 2.06 bits per heavy atom. The van der Waals surface area contributed by atoms with E-state index >= 15 is 0 Å². The van der Waals surface area contributed by atoms with Crippen molar-refractivity contribution < 1.29 is 13.2 Å². The molecule has 3 nitrogen and oxygen atoms in total. The molecule has 3 N–H and O–H groups in total. The molecule has 0 atom stereocenters. The molecule has 2 aromatic rings. The van der Waals surface area contributed by atoms with Gasteiger partial charge in [0.15, 0.2) is 5.16 Å². The molecule has 0 fully saturated rings. The number of benzene rings is 1. The lowest BCUT2D eigenvalue weighted by Gasteiger charge is -2.09. The zero-order chi connectivity index (χ0) is 12.5. The van der Waals surface area contributed by atoms with Crippen molar-refractivity contribution in [3.05, 3.63) is 36.2 Å². The normalized spacial score (nSPS) is 11.7. The zero-order valence-electron chi connectivity index (χ0n) is 8.45. The van der Waals surface area contributed by atoms with Gasteiger partial charge in [-0.05, 0) is 30.0 Å². The molecule has 90 valence electrons. The molecule has 0 saturated carbocycles. The average molecular weight is 259 g/mol. The molecule has 0 radical (unpaired) electrons. The predicted octanol–water partition coefficient (Wildman–Crippen LogP) is 3.16. The van der Waals surface area contributed by atoms with Crippen LogP contribution >= 0.6 is 11.8 Å². The van der Waals surface area contributed by atoms with Crippen LogP contribution < -0.4 is 5.73 Å². The summed E-state index contributed by atoms with van der Waals surface area (Å²) in [7, 11) is 0. The quantitative estimate of drug-likeness (QED) is 0.814. The third kappa shape index (κ3) is 2.73. The number of H-pyrrole nitrogens is 1. The van der Waals surface area contributed by atoms with Gasteiger partial charge in [0.1, 0.15) is 0 Å². The number of nitrogen functional groups attached to an aromatic ring is 1. The molecular weight excluding hydrogens is 251 g/mol. The van der Waals surface area contributed by atoms with Crippen LogP contribution in [0, 0.1) is 0 Å². The fourth-order valence-corrected chi connectivity index (χ4v) is 1.99. The number of aromatic amines is 1. The second-order valence-corrected chi connectivity index (χ2v) is 4.28. The SMILES string of the molecule is Nc1cc(C(F)(F)F)ccc1Sc1ncc[nH]1. The van der Waals surface area contributed by atoms with E-state index in [9.17, 15) is 13.2 Å². The van der Waals surface area contributed by atoms with Gasteiger partial charge < -0.3 is 10.7 Å². The topological polar surface area (TPSA) is 54.7 Å². The highest BCUT2D eigenvalue weighted by Gasteiger charge is 2.30. The largest absolute Gasteiger partial charge is 0.416 e. The van der Waals surface area contributed by atoms with E-state index in [1.54, 1.807) is 12.4 Å². The summed E-state index contributed by atoms with van der Waals surface area (Å²) < 4.78 is 37.2. The number of hydrogen-bond donors (Lipinski definition) is 2. The van der Waals surface area contributed by atoms with Crippen molar-refractivity contribution in [2.75, 3.05) is 5.73 Å². The molecule has 0 amide bonds. The number of nitrogens with one attached hydrogen (secondary N) is 1. The first kappa shape index (κ1) is 11.8. The third-order valence-corrected chi connectivity index (χ3v) is 3.03. The summed E-state index contributed by atoms with van der Waals surface area (Å²) in [6.07, 6.45) is -1.19. The first-order valence-corrected chi connectivity index (χ1v) is 5.42. The van der Waals surface area contributed by atoms with Gasteiger partial charge in [0, 0.05) is 23.0 Å². The van der Waals surface area contributed by atoms with Gasteiger partial charge in [-0.3, -0.25) is 0 Å². The molecule has 0 aliphatic carbocycles. The second-order valence-electron chi connectivity index (χ2n) is 3.25. The number of anilines is 1. The maximum absolute atomic E-state index is 12.4. The van der Waals surface area contributed by atoms with E-state index in [0.717, 1.165) is 12.1 Å². The minimum atomic E-state index is -4.37. The highest BCUT2D eigenvalue weighted by Crippen LogP contribution is 2.35. The van der Waals surface area contributed by atoms with Gasteiger partial charge in [0.05, 0.1) is 5.56 Å². The lowest BCUT2D eigenvalue weighted by molar-refractivity contribution is -0.137. The lowest BCUT2D eigenvalue weighted by Crippen LogP contribution is -2.05. The summed E-state index contributed by atoms with van der Waals surface area (Å²) in [5, 5.41) is 0.580. The van der Waals surface area contributed by atoms with Crippen LogP contribution in [0.5, 0.6) is 0 Å². The average Bonchev–Trinajstić information content (AvgIpc) is 2.72. The van der Waals surface area contributed by atoms with E-state index in [1.165, 1.54) is 17.8 Å². The van der Waals surface area contributed by atoms with E-state index in [2.05, 4.69) is 9.97 Å². The summed E-state index contributed by atoms with van der Waals surface area (Å²) in [6, 6.07) is 3.26. The lowest BCUT2D eigenvalue weighted by atomic mass is 10.2. The Bertz CT molecular complexity index is 508. The van der Waals surface area contributed by atoms with Crippen molar-refractivity contribution in [1.82, 2.24) is 9.97 Å².